The Hall–Kier alpha value is -0.940. The Balaban J connectivity index is 2.29. The molecule has 0 bridgehead atoms. The molecule has 1 N–H and O–H groups in total. The van der Waals surface area contributed by atoms with Crippen molar-refractivity contribution >= 4 is 21.4 Å². The SMILES string of the molecule is N#Cc1ccc(S(=O)(=O)N2CC[C@@H](O)C2)s1. The van der Waals surface area contributed by atoms with E-state index in [9.17, 15) is 13.5 Å². The number of nitrogens with zero attached hydrogens (tertiary/aromatic N) is 2. The highest BCUT2D eigenvalue weighted by atomic mass is 32.2. The molecule has 1 aliphatic heterocycles. The van der Waals surface area contributed by atoms with Crippen LogP contribution in [0.25, 0.3) is 0 Å². The van der Waals surface area contributed by atoms with Crippen molar-refractivity contribution in [3.05, 3.63) is 17.0 Å². The lowest BCUT2D eigenvalue weighted by Gasteiger charge is -2.13. The van der Waals surface area contributed by atoms with Crippen molar-refractivity contribution in [2.45, 2.75) is 16.7 Å². The van der Waals surface area contributed by atoms with E-state index in [0.717, 1.165) is 11.3 Å². The minimum atomic E-state index is -3.52. The quantitative estimate of drug-likeness (QED) is 0.831. The molecule has 0 spiro atoms. The summed E-state index contributed by atoms with van der Waals surface area (Å²) >= 11 is 0.956. The molecule has 0 unspecified atom stereocenters. The number of thiophene rings is 1. The van der Waals surface area contributed by atoms with Crippen LogP contribution in [0.15, 0.2) is 16.3 Å². The van der Waals surface area contributed by atoms with Gasteiger partial charge in [-0.05, 0) is 18.6 Å². The van der Waals surface area contributed by atoms with Crippen LogP contribution in [-0.2, 0) is 10.0 Å². The molecule has 1 aliphatic rings. The third kappa shape index (κ3) is 1.97. The summed E-state index contributed by atoms with van der Waals surface area (Å²) in [6.45, 7) is 0.478. The smallest absolute Gasteiger partial charge is 0.252 e. The fraction of sp³-hybridized carbons (Fsp3) is 0.444. The first-order valence-corrected chi connectivity index (χ1v) is 6.98. The lowest BCUT2D eigenvalue weighted by atomic mass is 10.3. The van der Waals surface area contributed by atoms with Crippen molar-refractivity contribution < 1.29 is 13.5 Å². The van der Waals surface area contributed by atoms with Gasteiger partial charge in [-0.3, -0.25) is 0 Å². The van der Waals surface area contributed by atoms with Gasteiger partial charge in [0.1, 0.15) is 15.2 Å². The van der Waals surface area contributed by atoms with Crippen LogP contribution in [0, 0.1) is 11.3 Å². The summed E-state index contributed by atoms with van der Waals surface area (Å²) in [5.41, 5.74) is 0. The van der Waals surface area contributed by atoms with E-state index in [1.807, 2.05) is 6.07 Å². The van der Waals surface area contributed by atoms with E-state index < -0.39 is 16.1 Å². The lowest BCUT2D eigenvalue weighted by molar-refractivity contribution is 0.189. The average molecular weight is 258 g/mol. The normalized spacial score (nSPS) is 22.1. The van der Waals surface area contributed by atoms with Crippen LogP contribution in [-0.4, -0.2) is 37.0 Å². The molecule has 5 nitrogen and oxygen atoms in total. The summed E-state index contributed by atoms with van der Waals surface area (Å²) in [4.78, 5) is 0.373. The Bertz CT molecular complexity index is 529. The second-order valence-corrected chi connectivity index (χ2v) is 6.78. The summed E-state index contributed by atoms with van der Waals surface area (Å²) in [6.07, 6.45) is -0.111. The highest BCUT2D eigenvalue weighted by Crippen LogP contribution is 2.26. The molecular formula is C9H10N2O3S2. The fourth-order valence-electron chi connectivity index (χ4n) is 1.58. The van der Waals surface area contributed by atoms with Gasteiger partial charge in [-0.15, -0.1) is 11.3 Å². The van der Waals surface area contributed by atoms with Crippen LogP contribution < -0.4 is 0 Å². The maximum atomic E-state index is 12.0. The van der Waals surface area contributed by atoms with E-state index in [-0.39, 0.29) is 10.8 Å². The van der Waals surface area contributed by atoms with Crippen LogP contribution in [0.2, 0.25) is 0 Å². The van der Waals surface area contributed by atoms with Crippen molar-refractivity contribution in [2.75, 3.05) is 13.1 Å². The number of β-amino-alcohol motifs (C(OH)–C–C–N with tert-alkyl or cyclic N) is 1. The first-order valence-electron chi connectivity index (χ1n) is 4.72. The van der Waals surface area contributed by atoms with Crippen LogP contribution in [0.5, 0.6) is 0 Å². The number of aliphatic hydroxyl groups excluding tert-OH is 1. The van der Waals surface area contributed by atoms with E-state index in [1.165, 1.54) is 16.4 Å². The number of hydrogen-bond donors (Lipinski definition) is 1. The van der Waals surface area contributed by atoms with Gasteiger partial charge < -0.3 is 5.11 Å². The van der Waals surface area contributed by atoms with Crippen LogP contribution >= 0.6 is 11.3 Å². The van der Waals surface area contributed by atoms with Crippen molar-refractivity contribution in [3.8, 4) is 6.07 Å². The lowest BCUT2D eigenvalue weighted by Crippen LogP contribution is -2.29. The van der Waals surface area contributed by atoms with E-state index in [2.05, 4.69) is 0 Å². The predicted octanol–water partition coefficient (Wildman–Crippen LogP) is 0.375. The predicted molar refractivity (Wildman–Crippen MR) is 58.4 cm³/mol. The molecule has 1 atom stereocenters. The standard InChI is InChI=1S/C9H10N2O3S2/c10-5-8-1-2-9(15-8)16(13,14)11-4-3-7(12)6-11/h1-2,7,12H,3-4,6H2/t7-/m1/s1. The molecule has 16 heavy (non-hydrogen) atoms. The molecule has 0 radical (unpaired) electrons. The number of rotatable bonds is 2. The summed E-state index contributed by atoms with van der Waals surface area (Å²) in [5.74, 6) is 0. The Morgan fingerprint density at radius 1 is 1.56 bits per heavy atom. The zero-order valence-corrected chi connectivity index (χ0v) is 9.96. The molecule has 0 saturated carbocycles. The summed E-state index contributed by atoms with van der Waals surface area (Å²) < 4.78 is 25.5. The Kier molecular flexibility index (Phi) is 2.99. The average Bonchev–Trinajstić information content (AvgIpc) is 2.85. The Morgan fingerprint density at radius 2 is 2.31 bits per heavy atom. The summed E-state index contributed by atoms with van der Waals surface area (Å²) in [5, 5.41) is 17.9. The molecule has 7 heteroatoms. The van der Waals surface area contributed by atoms with Gasteiger partial charge in [-0.25, -0.2) is 8.42 Å². The van der Waals surface area contributed by atoms with Gasteiger partial charge in [0.15, 0.2) is 0 Å². The maximum absolute atomic E-state index is 12.0. The minimum absolute atomic E-state index is 0.141. The molecule has 1 aromatic rings. The number of hydrogen-bond acceptors (Lipinski definition) is 5. The maximum Gasteiger partial charge on any atom is 0.252 e. The number of nitriles is 1. The molecule has 2 heterocycles. The van der Waals surface area contributed by atoms with Gasteiger partial charge in [-0.2, -0.15) is 9.57 Å². The largest absolute Gasteiger partial charge is 0.392 e. The zero-order valence-electron chi connectivity index (χ0n) is 8.33. The molecule has 0 aliphatic carbocycles. The molecule has 2 rings (SSSR count). The molecule has 1 aromatic heterocycles. The summed E-state index contributed by atoms with van der Waals surface area (Å²) in [6, 6.07) is 4.83. The first-order chi connectivity index (χ1) is 7.54. The van der Waals surface area contributed by atoms with Gasteiger partial charge in [0.05, 0.1) is 6.10 Å². The highest BCUT2D eigenvalue weighted by molar-refractivity contribution is 7.91. The van der Waals surface area contributed by atoms with Gasteiger partial charge >= 0.3 is 0 Å². The van der Waals surface area contributed by atoms with Crippen LogP contribution in [0.4, 0.5) is 0 Å². The molecule has 1 saturated heterocycles. The Labute approximate surface area is 97.6 Å². The molecular weight excluding hydrogens is 248 g/mol. The molecule has 1 fully saturated rings. The minimum Gasteiger partial charge on any atom is -0.392 e. The zero-order chi connectivity index (χ0) is 11.8. The Morgan fingerprint density at radius 3 is 2.81 bits per heavy atom. The highest BCUT2D eigenvalue weighted by Gasteiger charge is 2.32. The second-order valence-electron chi connectivity index (χ2n) is 3.54. The van der Waals surface area contributed by atoms with E-state index in [4.69, 9.17) is 5.26 Å². The van der Waals surface area contributed by atoms with E-state index in [0.29, 0.717) is 17.8 Å². The molecule has 0 aromatic carbocycles. The van der Waals surface area contributed by atoms with Gasteiger partial charge in [0, 0.05) is 13.1 Å². The van der Waals surface area contributed by atoms with E-state index in [1.54, 1.807) is 0 Å². The monoisotopic (exact) mass is 258 g/mol. The van der Waals surface area contributed by atoms with E-state index >= 15 is 0 Å². The third-order valence-electron chi connectivity index (χ3n) is 2.41. The molecule has 0 amide bonds. The van der Waals surface area contributed by atoms with Crippen LogP contribution in [0.3, 0.4) is 0 Å². The second kappa shape index (κ2) is 4.14. The molecule has 86 valence electrons. The van der Waals surface area contributed by atoms with Gasteiger partial charge in [0.25, 0.3) is 10.0 Å². The van der Waals surface area contributed by atoms with Crippen molar-refractivity contribution in [2.24, 2.45) is 0 Å². The van der Waals surface area contributed by atoms with Crippen LogP contribution in [0.1, 0.15) is 11.3 Å². The van der Waals surface area contributed by atoms with Crippen molar-refractivity contribution in [1.29, 1.82) is 5.26 Å². The topological polar surface area (TPSA) is 81.4 Å². The van der Waals surface area contributed by atoms with Gasteiger partial charge in [0.2, 0.25) is 0 Å². The van der Waals surface area contributed by atoms with Crippen molar-refractivity contribution in [1.82, 2.24) is 4.31 Å². The fourth-order valence-corrected chi connectivity index (χ4v) is 4.33. The summed E-state index contributed by atoms with van der Waals surface area (Å²) in [7, 11) is -3.52. The third-order valence-corrected chi connectivity index (χ3v) is 5.73. The number of sulfonamides is 1. The van der Waals surface area contributed by atoms with Crippen molar-refractivity contribution in [3.63, 3.8) is 0 Å². The van der Waals surface area contributed by atoms with Gasteiger partial charge in [-0.1, -0.05) is 0 Å². The first kappa shape index (κ1) is 11.5. The number of aliphatic hydroxyl groups is 1.